The molecule has 0 aliphatic carbocycles. The minimum absolute atomic E-state index is 0.0975. The van der Waals surface area contributed by atoms with Gasteiger partial charge >= 0.3 is 27.0 Å². The number of aliphatic carboxylic acids is 1. The van der Waals surface area contributed by atoms with E-state index in [2.05, 4.69) is 4.99 Å². The molecule has 0 heterocycles. The van der Waals surface area contributed by atoms with Gasteiger partial charge in [-0.15, -0.1) is 0 Å². The average molecular weight is 370 g/mol. The van der Waals surface area contributed by atoms with E-state index in [1.165, 1.54) is 6.21 Å². The second-order valence-electron chi connectivity index (χ2n) is 5.06. The van der Waals surface area contributed by atoms with E-state index in [1.54, 1.807) is 26.0 Å². The van der Waals surface area contributed by atoms with Gasteiger partial charge in [-0.2, -0.15) is 0 Å². The summed E-state index contributed by atoms with van der Waals surface area (Å²) in [7, 11) is 1.00. The number of carbonyl (C=O) groups is 1. The molecule has 0 bridgehead atoms. The number of benzene rings is 2. The van der Waals surface area contributed by atoms with Gasteiger partial charge in [0.1, 0.15) is 11.8 Å². The van der Waals surface area contributed by atoms with Crippen LogP contribution in [-0.2, 0) is 25.8 Å². The van der Waals surface area contributed by atoms with Gasteiger partial charge in [-0.3, -0.25) is 4.99 Å². The average Bonchev–Trinajstić information content (AvgIpc) is 2.58. The van der Waals surface area contributed by atoms with Gasteiger partial charge in [0.25, 0.3) is 0 Å². The second-order valence-corrected chi connectivity index (χ2v) is 5.06. The molecule has 1 atom stereocenters. The molecule has 0 spiro atoms. The van der Waals surface area contributed by atoms with E-state index in [1.807, 2.05) is 24.3 Å². The van der Waals surface area contributed by atoms with Crippen molar-refractivity contribution in [2.75, 3.05) is 7.11 Å². The molecule has 0 saturated heterocycles. The Labute approximate surface area is 150 Å². The predicted molar refractivity (Wildman–Crippen MR) is 88.3 cm³/mol. The fourth-order valence-electron chi connectivity index (χ4n) is 2.03. The van der Waals surface area contributed by atoms with Gasteiger partial charge in [-0.1, -0.05) is 38.1 Å². The molecule has 0 fully saturated rings. The number of hydrogen-bond donors (Lipinski definition) is 3. The van der Waals surface area contributed by atoms with Crippen LogP contribution in [0.1, 0.15) is 19.4 Å². The first-order chi connectivity index (χ1) is 11.5. The first kappa shape index (κ1) is 22.0. The maximum atomic E-state index is 11.1. The third-order valence-electron chi connectivity index (χ3n) is 3.15. The Morgan fingerprint density at radius 2 is 1.62 bits per heavy atom. The second kappa shape index (κ2) is 11.5. The Balaban J connectivity index is 0.00000123. The third kappa shape index (κ3) is 6.24. The predicted octanol–water partition coefficient (Wildman–Crippen LogP) is 2.56. The first-order valence-corrected chi connectivity index (χ1v) is 7.67. The molecule has 129 valence electrons. The van der Waals surface area contributed by atoms with Gasteiger partial charge in [0.2, 0.25) is 0 Å². The van der Waals surface area contributed by atoms with Crippen LogP contribution < -0.4 is 0 Å². The molecule has 0 aromatic heterocycles. The number of aliphatic hydroxyl groups excluding tert-OH is 1. The van der Waals surface area contributed by atoms with Crippen LogP contribution in [0.25, 0.3) is 10.8 Å². The van der Waals surface area contributed by atoms with Crippen molar-refractivity contribution < 1.29 is 41.2 Å². The number of carboxylic acids is 1. The number of rotatable bonds is 4. The molecule has 7 heteroatoms. The number of nitrogens with zero attached hydrogens (tertiary/aromatic N) is 1. The topological polar surface area (TPSA) is 107 Å². The van der Waals surface area contributed by atoms with Gasteiger partial charge in [-0.25, -0.2) is 4.79 Å². The summed E-state index contributed by atoms with van der Waals surface area (Å²) in [6.07, 6.45) is 1.43. The molecule has 6 nitrogen and oxygen atoms in total. The molecule has 0 unspecified atom stereocenters. The maximum absolute atomic E-state index is 11.1. The van der Waals surface area contributed by atoms with Crippen molar-refractivity contribution in [2.24, 2.45) is 10.9 Å². The van der Waals surface area contributed by atoms with Gasteiger partial charge in [0, 0.05) is 18.9 Å². The zero-order valence-corrected chi connectivity index (χ0v) is 15.1. The first-order valence-electron chi connectivity index (χ1n) is 7.09. The summed E-state index contributed by atoms with van der Waals surface area (Å²) in [5.41, 5.74) is 0.524. The van der Waals surface area contributed by atoms with Crippen molar-refractivity contribution in [3.8, 4) is 5.75 Å². The van der Waals surface area contributed by atoms with E-state index in [0.717, 1.165) is 35.3 Å². The van der Waals surface area contributed by atoms with Crippen LogP contribution in [0.15, 0.2) is 41.4 Å². The summed E-state index contributed by atoms with van der Waals surface area (Å²) in [6, 6.07) is 10.3. The normalized spacial score (nSPS) is 11.3. The molecular weight excluding hydrogens is 349 g/mol. The van der Waals surface area contributed by atoms with E-state index >= 15 is 0 Å². The number of aliphatic imine (C=N–C) groups is 1. The standard InChI is InChI=1S/C16H17NO3.CH4O.O.V/c1-10(2)15(16(19)20)17-9-13-7-11-5-3-4-6-12(11)8-14(13)18;1-2;;/h3-10,15,18H,1-2H3,(H,19,20);2H,1H3;;/t15-;;;/m0.../s1. The molecule has 0 aliphatic rings. The molecule has 0 radical (unpaired) electrons. The number of carboxylic acid groups (broad SMARTS) is 1. The number of aromatic hydroxyl groups is 1. The Kier molecular flexibility index (Phi) is 10.5. The third-order valence-corrected chi connectivity index (χ3v) is 3.15. The molecule has 2 aromatic carbocycles. The van der Waals surface area contributed by atoms with Crippen molar-refractivity contribution in [3.05, 3.63) is 42.0 Å². The van der Waals surface area contributed by atoms with E-state index < -0.39 is 12.0 Å². The monoisotopic (exact) mass is 370 g/mol. The number of fused-ring (bicyclic) bond motifs is 1. The summed E-state index contributed by atoms with van der Waals surface area (Å²) in [5.74, 6) is -0.969. The molecule has 2 aromatic rings. The Morgan fingerprint density at radius 1 is 1.12 bits per heavy atom. The number of phenolic OH excluding ortho intramolecular Hbond substituents is 1. The van der Waals surface area contributed by atoms with Gasteiger partial charge in [0.15, 0.2) is 0 Å². The van der Waals surface area contributed by atoms with Crippen molar-refractivity contribution in [1.29, 1.82) is 0 Å². The zero-order chi connectivity index (χ0) is 18.7. The number of aliphatic hydroxyl groups is 1. The molecule has 3 N–H and O–H groups in total. The van der Waals surface area contributed by atoms with E-state index in [-0.39, 0.29) is 11.7 Å². The van der Waals surface area contributed by atoms with E-state index in [4.69, 9.17) is 13.9 Å². The summed E-state index contributed by atoms with van der Waals surface area (Å²) in [4.78, 5) is 15.2. The fourth-order valence-corrected chi connectivity index (χ4v) is 2.03. The van der Waals surface area contributed by atoms with Gasteiger partial charge in [0.05, 0.1) is 0 Å². The fraction of sp³-hybridized carbons (Fsp3) is 0.294. The summed E-state index contributed by atoms with van der Waals surface area (Å²) in [6.45, 7) is 3.60. The SMILES string of the molecule is CC(C)[C@H](N=Cc1cc2ccccc2cc1O)C(=O)O.CO.[O]=[V]. The van der Waals surface area contributed by atoms with Gasteiger partial charge < -0.3 is 15.3 Å². The molecular formula is C17H21NO5V. The Bertz CT molecular complexity index is 688. The van der Waals surface area contributed by atoms with Crippen molar-refractivity contribution >= 4 is 23.0 Å². The van der Waals surface area contributed by atoms with Crippen LogP contribution >= 0.6 is 0 Å². The van der Waals surface area contributed by atoms with Crippen molar-refractivity contribution in [1.82, 2.24) is 0 Å². The van der Waals surface area contributed by atoms with Crippen LogP contribution in [-0.4, -0.2) is 40.7 Å². The quantitative estimate of drug-likeness (QED) is 0.717. The van der Waals surface area contributed by atoms with Crippen LogP contribution in [0, 0.1) is 5.92 Å². The van der Waals surface area contributed by atoms with Crippen molar-refractivity contribution in [3.63, 3.8) is 0 Å². The minimum atomic E-state index is -0.962. The number of hydrogen-bond acceptors (Lipinski definition) is 5. The molecule has 0 saturated carbocycles. The van der Waals surface area contributed by atoms with Crippen molar-refractivity contribution in [2.45, 2.75) is 19.9 Å². The zero-order valence-electron chi connectivity index (χ0n) is 13.7. The Hall–Kier alpha value is -2.02. The van der Waals surface area contributed by atoms with E-state index in [9.17, 15) is 9.90 Å². The van der Waals surface area contributed by atoms with Gasteiger partial charge in [-0.05, 0) is 28.8 Å². The summed E-state index contributed by atoms with van der Waals surface area (Å²) in [5, 5.41) is 28.0. The molecule has 0 amide bonds. The number of phenols is 1. The van der Waals surface area contributed by atoms with Crippen LogP contribution in [0.5, 0.6) is 5.75 Å². The molecule has 24 heavy (non-hydrogen) atoms. The van der Waals surface area contributed by atoms with Crippen LogP contribution in [0.4, 0.5) is 0 Å². The van der Waals surface area contributed by atoms with Crippen LogP contribution in [0.2, 0.25) is 0 Å². The molecule has 2 rings (SSSR count). The van der Waals surface area contributed by atoms with Crippen LogP contribution in [0.3, 0.4) is 0 Å². The molecule has 0 aliphatic heterocycles. The summed E-state index contributed by atoms with van der Waals surface area (Å²) >= 11 is 1.06. The van der Waals surface area contributed by atoms with E-state index in [0.29, 0.717) is 5.56 Å². The summed E-state index contributed by atoms with van der Waals surface area (Å²) < 4.78 is 8.19. The Morgan fingerprint density at radius 3 is 2.08 bits per heavy atom.